The van der Waals surface area contributed by atoms with Gasteiger partial charge in [0.15, 0.2) is 0 Å². The molecule has 1 aromatic rings. The number of ether oxygens (including phenoxy) is 1. The van der Waals surface area contributed by atoms with E-state index >= 15 is 0 Å². The molecule has 0 spiro atoms. The van der Waals surface area contributed by atoms with Gasteiger partial charge in [0.2, 0.25) is 0 Å². The van der Waals surface area contributed by atoms with Gasteiger partial charge in [-0.05, 0) is 13.0 Å². The van der Waals surface area contributed by atoms with Gasteiger partial charge in [0.1, 0.15) is 5.82 Å². The van der Waals surface area contributed by atoms with E-state index in [2.05, 4.69) is 15.6 Å². The first kappa shape index (κ1) is 10.8. The van der Waals surface area contributed by atoms with Crippen LogP contribution in [-0.4, -0.2) is 31.8 Å². The number of hydrogen-bond acceptors (Lipinski definition) is 4. The van der Waals surface area contributed by atoms with Gasteiger partial charge in [0, 0.05) is 38.1 Å². The van der Waals surface area contributed by atoms with Gasteiger partial charge in [-0.15, -0.1) is 0 Å². The highest BCUT2D eigenvalue weighted by Gasteiger charge is 1.93. The maximum atomic E-state index is 5.22. The van der Waals surface area contributed by atoms with Gasteiger partial charge in [-0.1, -0.05) is 0 Å². The number of aromatic nitrogens is 1. The average molecular weight is 195 g/mol. The van der Waals surface area contributed by atoms with Crippen molar-refractivity contribution in [3.8, 4) is 0 Å². The summed E-state index contributed by atoms with van der Waals surface area (Å²) in [5.74, 6) is 0.867. The van der Waals surface area contributed by atoms with E-state index in [-0.39, 0.29) is 0 Å². The van der Waals surface area contributed by atoms with Crippen molar-refractivity contribution >= 4 is 11.5 Å². The lowest BCUT2D eigenvalue weighted by atomic mass is 10.4. The summed E-state index contributed by atoms with van der Waals surface area (Å²) in [7, 11) is 1.85. The second kappa shape index (κ2) is 6.21. The molecule has 1 heterocycles. The lowest BCUT2D eigenvalue weighted by Crippen LogP contribution is -2.09. The lowest BCUT2D eigenvalue weighted by molar-refractivity contribution is 0.158. The topological polar surface area (TPSA) is 46.2 Å². The quantitative estimate of drug-likeness (QED) is 0.676. The highest BCUT2D eigenvalue weighted by molar-refractivity contribution is 5.51. The van der Waals surface area contributed by atoms with Crippen LogP contribution >= 0.6 is 0 Å². The molecule has 0 saturated heterocycles. The molecular weight excluding hydrogens is 178 g/mol. The molecule has 0 aliphatic carbocycles. The van der Waals surface area contributed by atoms with Crippen molar-refractivity contribution in [2.45, 2.75) is 6.92 Å². The minimum absolute atomic E-state index is 0.730. The van der Waals surface area contributed by atoms with Gasteiger partial charge in [0.05, 0.1) is 6.61 Å². The Morgan fingerprint density at radius 1 is 1.50 bits per heavy atom. The maximum absolute atomic E-state index is 5.22. The Labute approximate surface area is 84.7 Å². The molecule has 0 aliphatic heterocycles. The number of rotatable bonds is 6. The molecule has 0 saturated carbocycles. The fraction of sp³-hybridized carbons (Fsp3) is 0.500. The molecular formula is C10H17N3O. The Kier molecular flexibility index (Phi) is 4.78. The van der Waals surface area contributed by atoms with Crippen LogP contribution in [0.1, 0.15) is 6.92 Å². The Balaban J connectivity index is 2.34. The van der Waals surface area contributed by atoms with Crippen molar-refractivity contribution in [3.05, 3.63) is 18.3 Å². The van der Waals surface area contributed by atoms with Crippen LogP contribution in [-0.2, 0) is 4.74 Å². The molecule has 2 N–H and O–H groups in total. The van der Waals surface area contributed by atoms with E-state index in [9.17, 15) is 0 Å². The zero-order valence-electron chi connectivity index (χ0n) is 8.71. The maximum Gasteiger partial charge on any atom is 0.127 e. The van der Waals surface area contributed by atoms with Gasteiger partial charge in [0.25, 0.3) is 0 Å². The molecule has 4 nitrogen and oxygen atoms in total. The molecule has 0 aromatic carbocycles. The Morgan fingerprint density at radius 2 is 2.36 bits per heavy atom. The van der Waals surface area contributed by atoms with Gasteiger partial charge >= 0.3 is 0 Å². The monoisotopic (exact) mass is 195 g/mol. The van der Waals surface area contributed by atoms with E-state index in [1.54, 1.807) is 6.20 Å². The standard InChI is InChI=1S/C10H17N3O/c1-3-14-7-6-12-9-4-5-13-10(8-9)11-2/h4-5,8H,3,6-7H2,1-2H3,(H2,11,12,13). The van der Waals surface area contributed by atoms with Gasteiger partial charge in [-0.25, -0.2) is 4.98 Å². The van der Waals surface area contributed by atoms with Crippen LogP contribution in [0.2, 0.25) is 0 Å². The number of anilines is 2. The van der Waals surface area contributed by atoms with Crippen molar-refractivity contribution in [1.82, 2.24) is 4.98 Å². The minimum atomic E-state index is 0.730. The number of nitrogens with one attached hydrogen (secondary N) is 2. The molecule has 0 aliphatic rings. The summed E-state index contributed by atoms with van der Waals surface area (Å²) in [6.45, 7) is 4.31. The first-order valence-corrected chi connectivity index (χ1v) is 4.82. The first-order chi connectivity index (χ1) is 6.86. The van der Waals surface area contributed by atoms with E-state index < -0.39 is 0 Å². The SMILES string of the molecule is CCOCCNc1ccnc(NC)c1. The Hall–Kier alpha value is -1.29. The summed E-state index contributed by atoms with van der Waals surface area (Å²) in [4.78, 5) is 4.12. The molecule has 4 heteroatoms. The lowest BCUT2D eigenvalue weighted by Gasteiger charge is -2.07. The van der Waals surface area contributed by atoms with E-state index in [1.165, 1.54) is 0 Å². The summed E-state index contributed by atoms with van der Waals surface area (Å²) in [6.07, 6.45) is 1.77. The highest BCUT2D eigenvalue weighted by atomic mass is 16.5. The summed E-state index contributed by atoms with van der Waals surface area (Å²) in [6, 6.07) is 3.90. The van der Waals surface area contributed by atoms with Crippen LogP contribution in [0.25, 0.3) is 0 Å². The third-order valence-electron chi connectivity index (χ3n) is 1.80. The molecule has 0 atom stereocenters. The largest absolute Gasteiger partial charge is 0.383 e. The molecule has 0 fully saturated rings. The Morgan fingerprint density at radius 3 is 3.07 bits per heavy atom. The molecule has 1 aromatic heterocycles. The zero-order valence-corrected chi connectivity index (χ0v) is 8.71. The van der Waals surface area contributed by atoms with Crippen LogP contribution in [0.5, 0.6) is 0 Å². The van der Waals surface area contributed by atoms with E-state index in [4.69, 9.17) is 4.74 Å². The molecule has 14 heavy (non-hydrogen) atoms. The van der Waals surface area contributed by atoms with Gasteiger partial charge in [-0.3, -0.25) is 0 Å². The average Bonchev–Trinajstić information content (AvgIpc) is 2.25. The minimum Gasteiger partial charge on any atom is -0.383 e. The van der Waals surface area contributed by atoms with E-state index in [0.717, 1.165) is 31.3 Å². The van der Waals surface area contributed by atoms with E-state index in [1.807, 2.05) is 26.1 Å². The van der Waals surface area contributed by atoms with Crippen LogP contribution in [0.4, 0.5) is 11.5 Å². The molecule has 0 amide bonds. The number of pyridine rings is 1. The van der Waals surface area contributed by atoms with Crippen molar-refractivity contribution in [2.24, 2.45) is 0 Å². The smallest absolute Gasteiger partial charge is 0.127 e. The second-order valence-electron chi connectivity index (χ2n) is 2.80. The summed E-state index contributed by atoms with van der Waals surface area (Å²) >= 11 is 0. The van der Waals surface area contributed by atoms with Crippen molar-refractivity contribution in [3.63, 3.8) is 0 Å². The fourth-order valence-corrected chi connectivity index (χ4v) is 1.09. The van der Waals surface area contributed by atoms with Crippen molar-refractivity contribution in [2.75, 3.05) is 37.4 Å². The number of hydrogen-bond donors (Lipinski definition) is 2. The summed E-state index contributed by atoms with van der Waals surface area (Å²) in [5.41, 5.74) is 1.06. The van der Waals surface area contributed by atoms with Gasteiger partial charge in [-0.2, -0.15) is 0 Å². The molecule has 1 rings (SSSR count). The van der Waals surface area contributed by atoms with Crippen molar-refractivity contribution in [1.29, 1.82) is 0 Å². The second-order valence-corrected chi connectivity index (χ2v) is 2.80. The molecule has 0 bridgehead atoms. The molecule has 0 radical (unpaired) electrons. The van der Waals surface area contributed by atoms with Crippen molar-refractivity contribution < 1.29 is 4.74 Å². The molecule has 78 valence electrons. The molecule has 0 unspecified atom stereocenters. The third kappa shape index (κ3) is 3.62. The zero-order chi connectivity index (χ0) is 10.2. The summed E-state index contributed by atoms with van der Waals surface area (Å²) in [5, 5.41) is 6.24. The van der Waals surface area contributed by atoms with Crippen LogP contribution in [0.3, 0.4) is 0 Å². The highest BCUT2D eigenvalue weighted by Crippen LogP contribution is 2.10. The van der Waals surface area contributed by atoms with Gasteiger partial charge < -0.3 is 15.4 Å². The van der Waals surface area contributed by atoms with E-state index in [0.29, 0.717) is 0 Å². The first-order valence-electron chi connectivity index (χ1n) is 4.82. The predicted octanol–water partition coefficient (Wildman–Crippen LogP) is 1.57. The Bertz CT molecular complexity index is 265. The fourth-order valence-electron chi connectivity index (χ4n) is 1.09. The van der Waals surface area contributed by atoms with Crippen LogP contribution in [0, 0.1) is 0 Å². The van der Waals surface area contributed by atoms with Crippen LogP contribution < -0.4 is 10.6 Å². The predicted molar refractivity (Wildman–Crippen MR) is 58.8 cm³/mol. The third-order valence-corrected chi connectivity index (χ3v) is 1.80. The summed E-state index contributed by atoms with van der Waals surface area (Å²) < 4.78 is 5.22. The van der Waals surface area contributed by atoms with Crippen LogP contribution in [0.15, 0.2) is 18.3 Å². The normalized spacial score (nSPS) is 9.86. The number of nitrogens with zero attached hydrogens (tertiary/aromatic N) is 1.